The Labute approximate surface area is 146 Å². The Bertz CT molecular complexity index is 642. The molecule has 0 N–H and O–H groups in total. The van der Waals surface area contributed by atoms with Crippen molar-refractivity contribution in [2.75, 3.05) is 26.2 Å². The van der Waals surface area contributed by atoms with Crippen molar-refractivity contribution in [1.82, 2.24) is 19.7 Å². The van der Waals surface area contributed by atoms with Gasteiger partial charge < -0.3 is 14.7 Å². The summed E-state index contributed by atoms with van der Waals surface area (Å²) in [5.41, 5.74) is 0.566. The van der Waals surface area contributed by atoms with E-state index in [0.717, 1.165) is 38.8 Å². The first-order valence-corrected chi connectivity index (χ1v) is 8.99. The summed E-state index contributed by atoms with van der Waals surface area (Å²) in [7, 11) is 0. The molecule has 6 nitrogen and oxygen atoms in total. The number of halogens is 1. The highest BCUT2D eigenvalue weighted by Gasteiger charge is 2.43. The normalized spacial score (nSPS) is 24.6. The Morgan fingerprint density at radius 3 is 2.54 bits per heavy atom. The predicted octanol–water partition coefficient (Wildman–Crippen LogP) is 2.24. The number of nitrogens with zero attached hydrogens (tertiary/aromatic N) is 4. The summed E-state index contributed by atoms with van der Waals surface area (Å²) in [4.78, 5) is 34.9. The van der Waals surface area contributed by atoms with Crippen molar-refractivity contribution in [3.63, 3.8) is 0 Å². The molecule has 4 heterocycles. The van der Waals surface area contributed by atoms with Gasteiger partial charge in [0.2, 0.25) is 0 Å². The van der Waals surface area contributed by atoms with E-state index in [1.807, 2.05) is 14.7 Å². The van der Waals surface area contributed by atoms with E-state index in [2.05, 4.69) is 4.98 Å². The van der Waals surface area contributed by atoms with Crippen molar-refractivity contribution in [3.8, 4) is 0 Å². The van der Waals surface area contributed by atoms with Crippen molar-refractivity contribution < 1.29 is 9.59 Å². The number of likely N-dealkylation sites (tertiary alicyclic amines) is 1. The van der Waals surface area contributed by atoms with E-state index in [1.54, 1.807) is 12.1 Å². The Morgan fingerprint density at radius 2 is 1.88 bits per heavy atom. The van der Waals surface area contributed by atoms with Crippen LogP contribution in [0.1, 0.15) is 36.0 Å². The van der Waals surface area contributed by atoms with Crippen LogP contribution in [0.5, 0.6) is 0 Å². The zero-order valence-electron chi connectivity index (χ0n) is 13.5. The average molecular weight is 349 g/mol. The van der Waals surface area contributed by atoms with Gasteiger partial charge in [-0.05, 0) is 37.8 Å². The van der Waals surface area contributed by atoms with Gasteiger partial charge in [-0.2, -0.15) is 0 Å². The molecule has 0 radical (unpaired) electrons. The summed E-state index contributed by atoms with van der Waals surface area (Å²) < 4.78 is 0. The quantitative estimate of drug-likeness (QED) is 0.770. The Kier molecular flexibility index (Phi) is 4.08. The molecule has 1 atom stereocenters. The number of urea groups is 1. The number of hydrogen-bond acceptors (Lipinski definition) is 3. The SMILES string of the molecule is O=C(c1ccc(Cl)nc1)N1CCC(N2CC3CCCN3C2=O)CC1. The van der Waals surface area contributed by atoms with Crippen molar-refractivity contribution >= 4 is 23.5 Å². The molecule has 3 saturated heterocycles. The van der Waals surface area contributed by atoms with Crippen LogP contribution < -0.4 is 0 Å². The van der Waals surface area contributed by atoms with Crippen LogP contribution in [0.2, 0.25) is 5.15 Å². The van der Waals surface area contributed by atoms with Crippen LogP contribution in [0.15, 0.2) is 18.3 Å². The van der Waals surface area contributed by atoms with Gasteiger partial charge in [-0.25, -0.2) is 9.78 Å². The standard InChI is InChI=1S/C17H21ClN4O2/c18-15-4-3-12(10-19-15)16(23)20-8-5-13(6-9-20)22-11-14-2-1-7-21(14)17(22)24/h3-4,10,13-14H,1-2,5-9,11H2. The molecule has 0 saturated carbocycles. The minimum Gasteiger partial charge on any atom is -0.338 e. The highest BCUT2D eigenvalue weighted by molar-refractivity contribution is 6.29. The van der Waals surface area contributed by atoms with Crippen LogP contribution in [-0.2, 0) is 0 Å². The molecule has 3 amide bonds. The van der Waals surface area contributed by atoms with Crippen LogP contribution >= 0.6 is 11.6 Å². The van der Waals surface area contributed by atoms with E-state index in [1.165, 1.54) is 6.20 Å². The number of rotatable bonds is 2. The van der Waals surface area contributed by atoms with Crippen LogP contribution in [0.4, 0.5) is 4.79 Å². The first kappa shape index (κ1) is 15.7. The summed E-state index contributed by atoms with van der Waals surface area (Å²) >= 11 is 5.77. The highest BCUT2D eigenvalue weighted by Crippen LogP contribution is 2.30. The van der Waals surface area contributed by atoms with Gasteiger partial charge in [0.1, 0.15) is 5.15 Å². The summed E-state index contributed by atoms with van der Waals surface area (Å²) in [5, 5.41) is 0.387. The minimum atomic E-state index is -0.00835. The lowest BCUT2D eigenvalue weighted by Gasteiger charge is -2.36. The molecule has 7 heteroatoms. The second-order valence-electron chi connectivity index (χ2n) is 6.82. The third-order valence-electron chi connectivity index (χ3n) is 5.44. The highest BCUT2D eigenvalue weighted by atomic mass is 35.5. The smallest absolute Gasteiger partial charge is 0.320 e. The fourth-order valence-electron chi connectivity index (χ4n) is 4.12. The molecule has 128 valence electrons. The third kappa shape index (κ3) is 2.73. The van der Waals surface area contributed by atoms with Gasteiger partial charge in [0, 0.05) is 38.4 Å². The molecule has 1 aromatic heterocycles. The van der Waals surface area contributed by atoms with E-state index in [9.17, 15) is 9.59 Å². The molecule has 3 aliphatic rings. The van der Waals surface area contributed by atoms with Gasteiger partial charge in [-0.1, -0.05) is 11.6 Å². The van der Waals surface area contributed by atoms with E-state index in [-0.39, 0.29) is 18.0 Å². The number of carbonyl (C=O) groups is 2. The molecule has 4 rings (SSSR count). The predicted molar refractivity (Wildman–Crippen MR) is 90.0 cm³/mol. The summed E-state index contributed by atoms with van der Waals surface area (Å²) in [6.45, 7) is 3.13. The number of pyridine rings is 1. The number of amides is 3. The molecule has 0 aliphatic carbocycles. The molecule has 3 fully saturated rings. The van der Waals surface area contributed by atoms with E-state index >= 15 is 0 Å². The van der Waals surface area contributed by atoms with E-state index < -0.39 is 0 Å². The fraction of sp³-hybridized carbons (Fsp3) is 0.588. The summed E-state index contributed by atoms with van der Waals surface area (Å²) in [5.74, 6) is -0.00835. The summed E-state index contributed by atoms with van der Waals surface area (Å²) in [6, 6.07) is 4.22. The Hall–Kier alpha value is -1.82. The monoisotopic (exact) mass is 348 g/mol. The van der Waals surface area contributed by atoms with Crippen LogP contribution in [0.25, 0.3) is 0 Å². The lowest BCUT2D eigenvalue weighted by Crippen LogP contribution is -2.48. The molecular formula is C17H21ClN4O2. The minimum absolute atomic E-state index is 0.00835. The largest absolute Gasteiger partial charge is 0.338 e. The van der Waals surface area contributed by atoms with Gasteiger partial charge in [-0.15, -0.1) is 0 Å². The first-order chi connectivity index (χ1) is 11.6. The molecule has 0 bridgehead atoms. The van der Waals surface area contributed by atoms with Crippen LogP contribution in [-0.4, -0.2) is 69.9 Å². The molecule has 3 aliphatic heterocycles. The first-order valence-electron chi connectivity index (χ1n) is 8.61. The second-order valence-corrected chi connectivity index (χ2v) is 7.20. The van der Waals surface area contributed by atoms with E-state index in [4.69, 9.17) is 11.6 Å². The van der Waals surface area contributed by atoms with Gasteiger partial charge >= 0.3 is 6.03 Å². The summed E-state index contributed by atoms with van der Waals surface area (Å²) in [6.07, 6.45) is 5.47. The number of fused-ring (bicyclic) bond motifs is 1. The topological polar surface area (TPSA) is 56.8 Å². The molecule has 1 unspecified atom stereocenters. The zero-order chi connectivity index (χ0) is 16.7. The fourth-order valence-corrected chi connectivity index (χ4v) is 4.23. The zero-order valence-corrected chi connectivity index (χ0v) is 14.3. The average Bonchev–Trinajstić information content (AvgIpc) is 3.18. The number of piperidine rings is 1. The molecule has 0 spiro atoms. The van der Waals surface area contributed by atoms with Crippen molar-refractivity contribution in [1.29, 1.82) is 0 Å². The molecular weight excluding hydrogens is 328 g/mol. The molecule has 24 heavy (non-hydrogen) atoms. The van der Waals surface area contributed by atoms with Crippen LogP contribution in [0.3, 0.4) is 0 Å². The number of aromatic nitrogens is 1. The van der Waals surface area contributed by atoms with Crippen molar-refractivity contribution in [3.05, 3.63) is 29.0 Å². The lowest BCUT2D eigenvalue weighted by atomic mass is 10.0. The Morgan fingerprint density at radius 1 is 1.08 bits per heavy atom. The third-order valence-corrected chi connectivity index (χ3v) is 5.67. The van der Waals surface area contributed by atoms with Gasteiger partial charge in [0.15, 0.2) is 0 Å². The maximum Gasteiger partial charge on any atom is 0.320 e. The van der Waals surface area contributed by atoms with Crippen molar-refractivity contribution in [2.45, 2.75) is 37.8 Å². The van der Waals surface area contributed by atoms with Gasteiger partial charge in [0.25, 0.3) is 5.91 Å². The molecule has 1 aromatic rings. The van der Waals surface area contributed by atoms with Crippen LogP contribution in [0, 0.1) is 0 Å². The molecule has 0 aromatic carbocycles. The number of hydrogen-bond donors (Lipinski definition) is 0. The number of carbonyl (C=O) groups excluding carboxylic acids is 2. The van der Waals surface area contributed by atoms with E-state index in [0.29, 0.717) is 29.8 Å². The van der Waals surface area contributed by atoms with Gasteiger partial charge in [0.05, 0.1) is 11.6 Å². The maximum atomic E-state index is 12.5. The Balaban J connectivity index is 1.36. The lowest BCUT2D eigenvalue weighted by molar-refractivity contribution is 0.0661. The van der Waals surface area contributed by atoms with Crippen molar-refractivity contribution in [2.24, 2.45) is 0 Å². The maximum absolute atomic E-state index is 12.5. The van der Waals surface area contributed by atoms with Gasteiger partial charge in [-0.3, -0.25) is 4.79 Å². The second kappa shape index (κ2) is 6.24.